The van der Waals surface area contributed by atoms with Crippen LogP contribution in [0.15, 0.2) is 24.5 Å². The Labute approximate surface area is 122 Å². The molecule has 106 valence electrons. The van der Waals surface area contributed by atoms with Crippen LogP contribution in [0.2, 0.25) is 5.02 Å². The quantitative estimate of drug-likeness (QED) is 0.883. The van der Waals surface area contributed by atoms with Gasteiger partial charge in [0.05, 0.1) is 16.8 Å². The molecule has 1 aliphatic rings. The number of rotatable bonds is 5. The Morgan fingerprint density at radius 2 is 2.30 bits per heavy atom. The maximum atomic E-state index is 11.8. The maximum Gasteiger partial charge on any atom is 0.237 e. The van der Waals surface area contributed by atoms with E-state index >= 15 is 0 Å². The maximum absolute atomic E-state index is 11.8. The number of aromatic nitrogens is 2. The zero-order chi connectivity index (χ0) is 14.1. The summed E-state index contributed by atoms with van der Waals surface area (Å²) < 4.78 is 1.88. The molecule has 3 rings (SSSR count). The number of hydrogen-bond donors (Lipinski definition) is 2. The SMILES string of the molecule is CC(NCc1cn2cc(Cl)ccc2n1)C(=O)NC1CC1. The zero-order valence-corrected chi connectivity index (χ0v) is 12.0. The Morgan fingerprint density at radius 1 is 1.50 bits per heavy atom. The van der Waals surface area contributed by atoms with Crippen LogP contribution in [0.3, 0.4) is 0 Å². The number of halogens is 1. The molecule has 0 radical (unpaired) electrons. The first-order chi connectivity index (χ1) is 9.61. The molecule has 20 heavy (non-hydrogen) atoms. The summed E-state index contributed by atoms with van der Waals surface area (Å²) in [7, 11) is 0. The Hall–Kier alpha value is -1.59. The number of carbonyl (C=O) groups is 1. The van der Waals surface area contributed by atoms with Crippen LogP contribution in [0.4, 0.5) is 0 Å². The molecular formula is C14H17ClN4O. The van der Waals surface area contributed by atoms with E-state index in [9.17, 15) is 4.79 Å². The number of hydrogen-bond acceptors (Lipinski definition) is 3. The molecule has 2 aromatic heterocycles. The van der Waals surface area contributed by atoms with Gasteiger partial charge in [-0.3, -0.25) is 4.79 Å². The molecule has 0 aliphatic heterocycles. The van der Waals surface area contributed by atoms with Gasteiger partial charge in [0.1, 0.15) is 5.65 Å². The molecule has 5 nitrogen and oxygen atoms in total. The number of amides is 1. The highest BCUT2D eigenvalue weighted by Crippen LogP contribution is 2.18. The van der Waals surface area contributed by atoms with Crippen LogP contribution in [0.1, 0.15) is 25.5 Å². The zero-order valence-electron chi connectivity index (χ0n) is 11.3. The molecule has 0 spiro atoms. The van der Waals surface area contributed by atoms with E-state index in [-0.39, 0.29) is 11.9 Å². The first kappa shape index (κ1) is 13.4. The third-order valence-corrected chi connectivity index (χ3v) is 3.59. The van der Waals surface area contributed by atoms with E-state index in [1.165, 1.54) is 0 Å². The third kappa shape index (κ3) is 3.11. The standard InChI is InChI=1S/C14H17ClN4O/c1-9(14(20)18-11-3-4-11)16-6-12-8-19-7-10(15)2-5-13(19)17-12/h2,5,7-9,11,16H,3-4,6H2,1H3,(H,18,20). The molecule has 1 fully saturated rings. The van der Waals surface area contributed by atoms with Crippen LogP contribution >= 0.6 is 11.6 Å². The van der Waals surface area contributed by atoms with Gasteiger partial charge in [-0.1, -0.05) is 11.6 Å². The molecule has 2 heterocycles. The predicted octanol–water partition coefficient (Wildman–Crippen LogP) is 1.74. The van der Waals surface area contributed by atoms with Crippen molar-refractivity contribution in [2.24, 2.45) is 0 Å². The van der Waals surface area contributed by atoms with Crippen molar-refractivity contribution in [3.8, 4) is 0 Å². The van der Waals surface area contributed by atoms with Gasteiger partial charge in [-0.25, -0.2) is 4.98 Å². The van der Waals surface area contributed by atoms with Gasteiger partial charge in [0.25, 0.3) is 0 Å². The summed E-state index contributed by atoms with van der Waals surface area (Å²) in [6, 6.07) is 3.86. The van der Waals surface area contributed by atoms with Crippen LogP contribution in [0, 0.1) is 0 Å². The van der Waals surface area contributed by atoms with Crippen molar-refractivity contribution in [3.63, 3.8) is 0 Å². The summed E-state index contributed by atoms with van der Waals surface area (Å²) in [6.45, 7) is 2.42. The van der Waals surface area contributed by atoms with Gasteiger partial charge in [0.2, 0.25) is 5.91 Å². The molecule has 2 N–H and O–H groups in total. The van der Waals surface area contributed by atoms with E-state index in [2.05, 4.69) is 15.6 Å². The van der Waals surface area contributed by atoms with Crippen molar-refractivity contribution in [1.29, 1.82) is 0 Å². The fourth-order valence-corrected chi connectivity index (χ4v) is 2.17. The Bertz CT molecular complexity index is 635. The highest BCUT2D eigenvalue weighted by atomic mass is 35.5. The van der Waals surface area contributed by atoms with Crippen molar-refractivity contribution >= 4 is 23.2 Å². The normalized spacial score (nSPS) is 16.3. The summed E-state index contributed by atoms with van der Waals surface area (Å²) in [5.74, 6) is 0.0549. The van der Waals surface area contributed by atoms with Crippen molar-refractivity contribution in [2.75, 3.05) is 0 Å². The molecule has 0 bridgehead atoms. The van der Waals surface area contributed by atoms with Gasteiger partial charge >= 0.3 is 0 Å². The van der Waals surface area contributed by atoms with Crippen LogP contribution in [-0.4, -0.2) is 27.4 Å². The van der Waals surface area contributed by atoms with E-state index in [1.807, 2.05) is 35.9 Å². The second kappa shape index (κ2) is 5.42. The van der Waals surface area contributed by atoms with Gasteiger partial charge < -0.3 is 15.0 Å². The highest BCUT2D eigenvalue weighted by Gasteiger charge is 2.25. The fourth-order valence-electron chi connectivity index (χ4n) is 2.01. The Balaban J connectivity index is 1.59. The van der Waals surface area contributed by atoms with Gasteiger partial charge in [-0.15, -0.1) is 0 Å². The average molecular weight is 293 g/mol. The number of pyridine rings is 1. The smallest absolute Gasteiger partial charge is 0.237 e. The molecule has 1 saturated carbocycles. The van der Waals surface area contributed by atoms with Crippen molar-refractivity contribution in [3.05, 3.63) is 35.2 Å². The second-order valence-corrected chi connectivity index (χ2v) is 5.67. The van der Waals surface area contributed by atoms with E-state index in [4.69, 9.17) is 11.6 Å². The molecule has 0 aromatic carbocycles. The van der Waals surface area contributed by atoms with Gasteiger partial charge in [0, 0.05) is 25.0 Å². The number of nitrogens with zero attached hydrogens (tertiary/aromatic N) is 2. The molecule has 1 amide bonds. The average Bonchev–Trinajstić information content (AvgIpc) is 3.13. The van der Waals surface area contributed by atoms with Crippen LogP contribution < -0.4 is 10.6 Å². The molecule has 0 saturated heterocycles. The topological polar surface area (TPSA) is 58.4 Å². The number of fused-ring (bicyclic) bond motifs is 1. The summed E-state index contributed by atoms with van der Waals surface area (Å²) in [4.78, 5) is 16.3. The lowest BCUT2D eigenvalue weighted by atomic mass is 10.3. The molecule has 2 aromatic rings. The minimum atomic E-state index is -0.219. The Morgan fingerprint density at radius 3 is 3.05 bits per heavy atom. The number of carbonyl (C=O) groups excluding carboxylic acids is 1. The van der Waals surface area contributed by atoms with Gasteiger partial charge in [0.15, 0.2) is 0 Å². The van der Waals surface area contributed by atoms with Gasteiger partial charge in [-0.05, 0) is 31.9 Å². The fraction of sp³-hybridized carbons (Fsp3) is 0.429. The van der Waals surface area contributed by atoms with Crippen molar-refractivity contribution < 1.29 is 4.79 Å². The van der Waals surface area contributed by atoms with E-state index in [1.54, 1.807) is 0 Å². The van der Waals surface area contributed by atoms with E-state index < -0.39 is 0 Å². The highest BCUT2D eigenvalue weighted by molar-refractivity contribution is 6.30. The molecule has 1 atom stereocenters. The van der Waals surface area contributed by atoms with E-state index in [0.717, 1.165) is 24.2 Å². The minimum absolute atomic E-state index is 0.0549. The summed E-state index contributed by atoms with van der Waals surface area (Å²) in [5.41, 5.74) is 1.74. The lowest BCUT2D eigenvalue weighted by molar-refractivity contribution is -0.122. The molecular weight excluding hydrogens is 276 g/mol. The largest absolute Gasteiger partial charge is 0.352 e. The molecule has 1 aliphatic carbocycles. The minimum Gasteiger partial charge on any atom is -0.352 e. The first-order valence-corrected chi connectivity index (χ1v) is 7.16. The lowest BCUT2D eigenvalue weighted by Crippen LogP contribution is -2.42. The van der Waals surface area contributed by atoms with Crippen LogP contribution in [0.5, 0.6) is 0 Å². The van der Waals surface area contributed by atoms with Crippen molar-refractivity contribution in [2.45, 2.75) is 38.4 Å². The van der Waals surface area contributed by atoms with Crippen LogP contribution in [-0.2, 0) is 11.3 Å². The van der Waals surface area contributed by atoms with Crippen LogP contribution in [0.25, 0.3) is 5.65 Å². The molecule has 6 heteroatoms. The second-order valence-electron chi connectivity index (χ2n) is 5.23. The van der Waals surface area contributed by atoms with E-state index in [0.29, 0.717) is 17.6 Å². The summed E-state index contributed by atoms with van der Waals surface area (Å²) in [5, 5.41) is 6.84. The molecule has 1 unspecified atom stereocenters. The first-order valence-electron chi connectivity index (χ1n) is 6.79. The predicted molar refractivity (Wildman–Crippen MR) is 77.7 cm³/mol. The number of imidazole rings is 1. The lowest BCUT2D eigenvalue weighted by Gasteiger charge is -2.12. The number of nitrogens with one attached hydrogen (secondary N) is 2. The van der Waals surface area contributed by atoms with Crippen molar-refractivity contribution in [1.82, 2.24) is 20.0 Å². The summed E-state index contributed by atoms with van der Waals surface area (Å²) in [6.07, 6.45) is 5.94. The monoisotopic (exact) mass is 292 g/mol. The van der Waals surface area contributed by atoms with Gasteiger partial charge in [-0.2, -0.15) is 0 Å². The Kier molecular flexibility index (Phi) is 3.63. The summed E-state index contributed by atoms with van der Waals surface area (Å²) >= 11 is 5.93. The third-order valence-electron chi connectivity index (χ3n) is 3.37.